The second-order valence-electron chi connectivity index (χ2n) is 5.42. The second kappa shape index (κ2) is 5.68. The summed E-state index contributed by atoms with van der Waals surface area (Å²) < 4.78 is 33.9. The largest absolute Gasteiger partial charge is 0.505 e. The number of fused-ring (bicyclic) bond motifs is 1. The maximum atomic E-state index is 13.7. The lowest BCUT2D eigenvalue weighted by atomic mass is 10.2. The Bertz CT molecular complexity index is 910. The van der Waals surface area contributed by atoms with Crippen molar-refractivity contribution < 1.29 is 18.6 Å². The number of phenols is 1. The van der Waals surface area contributed by atoms with Gasteiger partial charge in [-0.25, -0.2) is 9.37 Å². The number of imidazole rings is 1. The molecular formula is C15H13F2N5O2. The van der Waals surface area contributed by atoms with Gasteiger partial charge in [0.1, 0.15) is 6.23 Å². The minimum Gasteiger partial charge on any atom is -0.505 e. The Morgan fingerprint density at radius 2 is 2.17 bits per heavy atom. The number of nitrogens with one attached hydrogen (secondary N) is 1. The van der Waals surface area contributed by atoms with Crippen LogP contribution >= 0.6 is 0 Å². The number of anilines is 1. The van der Waals surface area contributed by atoms with Gasteiger partial charge >= 0.3 is 6.08 Å². The van der Waals surface area contributed by atoms with Crippen LogP contribution in [0.2, 0.25) is 0 Å². The summed E-state index contributed by atoms with van der Waals surface area (Å²) in [5.41, 5.74) is 1.37. The van der Waals surface area contributed by atoms with Crippen LogP contribution < -0.4 is 5.32 Å². The van der Waals surface area contributed by atoms with Crippen LogP contribution in [0.25, 0.3) is 11.2 Å². The summed E-state index contributed by atoms with van der Waals surface area (Å²) in [5.74, 6) is -0.924. The third-order valence-electron chi connectivity index (χ3n) is 3.85. The molecule has 1 aromatic carbocycles. The molecule has 1 atom stereocenters. The molecule has 0 aliphatic carbocycles. The molecule has 1 fully saturated rings. The summed E-state index contributed by atoms with van der Waals surface area (Å²) in [5, 5.41) is 12.3. The molecule has 2 N–H and O–H groups in total. The highest BCUT2D eigenvalue weighted by Crippen LogP contribution is 2.28. The molecule has 3 aromatic rings. The number of halogens is 2. The number of aromatic nitrogens is 4. The number of ether oxygens (including phenoxy) is 1. The molecule has 124 valence electrons. The van der Waals surface area contributed by atoms with Gasteiger partial charge in [-0.2, -0.15) is 14.4 Å². The first-order valence-electron chi connectivity index (χ1n) is 7.35. The molecular weight excluding hydrogens is 320 g/mol. The molecule has 2 aromatic heterocycles. The van der Waals surface area contributed by atoms with Gasteiger partial charge < -0.3 is 15.2 Å². The van der Waals surface area contributed by atoms with Crippen molar-refractivity contribution in [2.45, 2.75) is 19.2 Å². The van der Waals surface area contributed by atoms with Crippen molar-refractivity contribution in [3.63, 3.8) is 0 Å². The Hall–Kier alpha value is -2.81. The van der Waals surface area contributed by atoms with E-state index in [0.29, 0.717) is 23.3 Å². The third kappa shape index (κ3) is 2.52. The molecule has 0 radical (unpaired) electrons. The number of phenolic OH excluding ortho intramolecular Hbond substituents is 1. The van der Waals surface area contributed by atoms with Crippen molar-refractivity contribution in [3.8, 4) is 5.75 Å². The molecule has 1 unspecified atom stereocenters. The fourth-order valence-electron chi connectivity index (χ4n) is 2.52. The van der Waals surface area contributed by atoms with Gasteiger partial charge in [-0.1, -0.05) is 6.07 Å². The molecule has 7 nitrogen and oxygen atoms in total. The quantitative estimate of drug-likeness (QED) is 0.713. The highest BCUT2D eigenvalue weighted by molar-refractivity contribution is 5.82. The Balaban J connectivity index is 1.63. The summed E-state index contributed by atoms with van der Waals surface area (Å²) in [6, 6.07) is 3.96. The Morgan fingerprint density at radius 3 is 2.88 bits per heavy atom. The van der Waals surface area contributed by atoms with E-state index in [9.17, 15) is 13.9 Å². The number of benzene rings is 1. The highest BCUT2D eigenvalue weighted by Gasteiger charge is 2.24. The van der Waals surface area contributed by atoms with Crippen molar-refractivity contribution in [1.29, 1.82) is 0 Å². The van der Waals surface area contributed by atoms with Crippen molar-refractivity contribution in [3.05, 3.63) is 42.0 Å². The maximum Gasteiger partial charge on any atom is 0.312 e. The van der Waals surface area contributed by atoms with Crippen LogP contribution in [0.15, 0.2) is 24.5 Å². The van der Waals surface area contributed by atoms with E-state index in [1.165, 1.54) is 18.5 Å². The molecule has 4 rings (SSSR count). The zero-order valence-corrected chi connectivity index (χ0v) is 12.4. The predicted molar refractivity (Wildman–Crippen MR) is 80.3 cm³/mol. The van der Waals surface area contributed by atoms with Crippen LogP contribution in [0, 0.1) is 11.9 Å². The predicted octanol–water partition coefficient (Wildman–Crippen LogP) is 2.34. The summed E-state index contributed by atoms with van der Waals surface area (Å²) >= 11 is 0. The summed E-state index contributed by atoms with van der Waals surface area (Å²) in [6.07, 6.45) is 1.28. The molecule has 1 saturated heterocycles. The minimum atomic E-state index is -0.881. The van der Waals surface area contributed by atoms with E-state index >= 15 is 0 Å². The van der Waals surface area contributed by atoms with E-state index in [1.807, 2.05) is 0 Å². The van der Waals surface area contributed by atoms with E-state index in [1.54, 1.807) is 4.57 Å². The zero-order valence-electron chi connectivity index (χ0n) is 12.4. The van der Waals surface area contributed by atoms with Crippen LogP contribution in [0.1, 0.15) is 18.2 Å². The summed E-state index contributed by atoms with van der Waals surface area (Å²) in [7, 11) is 0. The minimum absolute atomic E-state index is 0.189. The third-order valence-corrected chi connectivity index (χ3v) is 3.85. The molecule has 9 heteroatoms. The first-order valence-corrected chi connectivity index (χ1v) is 7.35. The molecule has 1 aliphatic rings. The standard InChI is InChI=1S/C15H13F2N5O2/c16-9-2-1-8(5-10(9)23)6-18-13-12-14(21-15(17)20-13)22(7-19-12)11-3-4-24-11/h1-2,5,7,11,23H,3-4,6H2,(H,18,20,21). The molecule has 0 saturated carbocycles. The van der Waals surface area contributed by atoms with Gasteiger partial charge in [0.05, 0.1) is 12.9 Å². The van der Waals surface area contributed by atoms with Crippen molar-refractivity contribution in [1.82, 2.24) is 19.5 Å². The van der Waals surface area contributed by atoms with E-state index in [0.717, 1.165) is 12.5 Å². The number of aromatic hydroxyl groups is 1. The number of hydrogen-bond acceptors (Lipinski definition) is 6. The number of nitrogens with zero attached hydrogens (tertiary/aromatic N) is 4. The van der Waals surface area contributed by atoms with Crippen LogP contribution in [0.5, 0.6) is 5.75 Å². The average Bonchev–Trinajstić information content (AvgIpc) is 2.90. The first kappa shape index (κ1) is 14.8. The monoisotopic (exact) mass is 333 g/mol. The lowest BCUT2D eigenvalue weighted by Crippen LogP contribution is -2.24. The summed E-state index contributed by atoms with van der Waals surface area (Å²) in [6.45, 7) is 0.864. The fourth-order valence-corrected chi connectivity index (χ4v) is 2.52. The van der Waals surface area contributed by atoms with E-state index in [4.69, 9.17) is 4.74 Å². The molecule has 0 bridgehead atoms. The average molecular weight is 333 g/mol. The SMILES string of the molecule is Oc1cc(CNc2nc(F)nc3c2ncn3C2CCO2)ccc1F. The molecule has 0 spiro atoms. The Morgan fingerprint density at radius 1 is 1.33 bits per heavy atom. The highest BCUT2D eigenvalue weighted by atomic mass is 19.1. The molecule has 24 heavy (non-hydrogen) atoms. The van der Waals surface area contributed by atoms with Crippen molar-refractivity contribution in [2.75, 3.05) is 11.9 Å². The molecule has 3 heterocycles. The van der Waals surface area contributed by atoms with Gasteiger partial charge in [0.25, 0.3) is 0 Å². The van der Waals surface area contributed by atoms with Crippen LogP contribution in [0.4, 0.5) is 14.6 Å². The number of rotatable bonds is 4. The van der Waals surface area contributed by atoms with Crippen molar-refractivity contribution >= 4 is 17.0 Å². The van der Waals surface area contributed by atoms with E-state index < -0.39 is 17.6 Å². The van der Waals surface area contributed by atoms with Gasteiger partial charge in [0.15, 0.2) is 28.5 Å². The van der Waals surface area contributed by atoms with Gasteiger partial charge in [0.2, 0.25) is 0 Å². The van der Waals surface area contributed by atoms with Crippen molar-refractivity contribution in [2.24, 2.45) is 0 Å². The topological polar surface area (TPSA) is 85.1 Å². The van der Waals surface area contributed by atoms with E-state index in [2.05, 4.69) is 20.3 Å². The van der Waals surface area contributed by atoms with Gasteiger partial charge in [0, 0.05) is 13.0 Å². The Kier molecular flexibility index (Phi) is 3.49. The maximum absolute atomic E-state index is 13.7. The normalized spacial score (nSPS) is 17.0. The van der Waals surface area contributed by atoms with Gasteiger partial charge in [-0.15, -0.1) is 0 Å². The van der Waals surface area contributed by atoms with Crippen LogP contribution in [-0.2, 0) is 11.3 Å². The number of hydrogen-bond donors (Lipinski definition) is 2. The van der Waals surface area contributed by atoms with Crippen LogP contribution in [-0.4, -0.2) is 31.2 Å². The zero-order chi connectivity index (χ0) is 16.7. The molecule has 0 amide bonds. The fraction of sp³-hybridized carbons (Fsp3) is 0.267. The lowest BCUT2D eigenvalue weighted by Gasteiger charge is -2.27. The molecule has 1 aliphatic heterocycles. The summed E-state index contributed by atoms with van der Waals surface area (Å²) in [4.78, 5) is 11.7. The Labute approximate surface area is 134 Å². The lowest BCUT2D eigenvalue weighted by molar-refractivity contribution is -0.0974. The van der Waals surface area contributed by atoms with Gasteiger partial charge in [-0.3, -0.25) is 4.57 Å². The van der Waals surface area contributed by atoms with Crippen LogP contribution in [0.3, 0.4) is 0 Å². The smallest absolute Gasteiger partial charge is 0.312 e. The van der Waals surface area contributed by atoms with Gasteiger partial charge in [-0.05, 0) is 17.7 Å². The van der Waals surface area contributed by atoms with E-state index in [-0.39, 0.29) is 18.6 Å². The second-order valence-corrected chi connectivity index (χ2v) is 5.42. The first-order chi connectivity index (χ1) is 11.6.